The molecular weight excluding hydrogens is 220 g/mol. The molecule has 0 radical (unpaired) electrons. The Morgan fingerprint density at radius 1 is 1.38 bits per heavy atom. The number of amidine groups is 1. The molecule has 16 heavy (non-hydrogen) atoms. The zero-order valence-corrected chi connectivity index (χ0v) is 9.83. The van der Waals surface area contributed by atoms with Crippen LogP contribution in [0.5, 0.6) is 0 Å². The molecule has 1 aliphatic heterocycles. The molecule has 1 aliphatic rings. The number of rotatable bonds is 2. The van der Waals surface area contributed by atoms with Gasteiger partial charge in [0.2, 0.25) is 5.12 Å². The smallest absolute Gasteiger partial charge is 0.242 e. The van der Waals surface area contributed by atoms with E-state index in [2.05, 4.69) is 11.6 Å². The number of carbonyl (C=O) groups is 1. The van der Waals surface area contributed by atoms with Crippen LogP contribution in [0.1, 0.15) is 5.56 Å². The summed E-state index contributed by atoms with van der Waals surface area (Å²) in [5, 5.41) is 0.702. The predicted molar refractivity (Wildman–Crippen MR) is 67.1 cm³/mol. The Labute approximate surface area is 98.9 Å². The zero-order valence-electron chi connectivity index (χ0n) is 9.01. The highest BCUT2D eigenvalue weighted by molar-refractivity contribution is 8.27. The van der Waals surface area contributed by atoms with Crippen molar-refractivity contribution in [3.8, 4) is 0 Å². The molecule has 0 bridgehead atoms. The van der Waals surface area contributed by atoms with E-state index in [4.69, 9.17) is 0 Å². The number of hydrogen-bond acceptors (Lipinski definition) is 3. The van der Waals surface area contributed by atoms with Crippen LogP contribution in [-0.2, 0) is 11.3 Å². The Bertz CT molecular complexity index is 453. The second kappa shape index (κ2) is 4.53. The van der Waals surface area contributed by atoms with E-state index >= 15 is 0 Å². The lowest BCUT2D eigenvalue weighted by atomic mass is 10.2. The van der Waals surface area contributed by atoms with Crippen LogP contribution in [-0.4, -0.2) is 22.2 Å². The lowest BCUT2D eigenvalue weighted by Crippen LogP contribution is -2.16. The van der Waals surface area contributed by atoms with Crippen LogP contribution in [0.15, 0.2) is 47.6 Å². The summed E-state index contributed by atoms with van der Waals surface area (Å²) in [4.78, 5) is 17.5. The van der Waals surface area contributed by atoms with Gasteiger partial charge in [-0.05, 0) is 17.3 Å². The minimum absolute atomic E-state index is 0.0192. The largest absolute Gasteiger partial charge is 0.321 e. The van der Waals surface area contributed by atoms with Crippen molar-refractivity contribution >= 4 is 22.0 Å². The molecule has 0 saturated carbocycles. The van der Waals surface area contributed by atoms with Crippen molar-refractivity contribution in [3.63, 3.8) is 0 Å². The van der Waals surface area contributed by atoms with Crippen molar-refractivity contribution < 1.29 is 4.79 Å². The SMILES string of the molecule is C=C1C(=O)SC(=NCc2ccccc2)N1C. The van der Waals surface area contributed by atoms with Crippen LogP contribution in [0.25, 0.3) is 0 Å². The Hall–Kier alpha value is -1.55. The second-order valence-electron chi connectivity index (χ2n) is 3.48. The average molecular weight is 232 g/mol. The average Bonchev–Trinajstić information content (AvgIpc) is 2.56. The third kappa shape index (κ3) is 2.17. The summed E-state index contributed by atoms with van der Waals surface area (Å²) in [7, 11) is 1.81. The number of nitrogens with zero attached hydrogens (tertiary/aromatic N) is 2. The van der Waals surface area contributed by atoms with Gasteiger partial charge in [0.05, 0.1) is 12.2 Å². The third-order valence-corrected chi connectivity index (χ3v) is 3.36. The Kier molecular flexibility index (Phi) is 3.10. The van der Waals surface area contributed by atoms with Crippen molar-refractivity contribution in [2.45, 2.75) is 6.54 Å². The first-order valence-electron chi connectivity index (χ1n) is 4.91. The molecule has 2 rings (SSSR count). The van der Waals surface area contributed by atoms with Gasteiger partial charge in [-0.1, -0.05) is 36.9 Å². The van der Waals surface area contributed by atoms with Crippen LogP contribution >= 0.6 is 11.8 Å². The first-order valence-corrected chi connectivity index (χ1v) is 5.73. The molecule has 0 atom stereocenters. The summed E-state index contributed by atoms with van der Waals surface area (Å²) in [5.41, 5.74) is 1.63. The standard InChI is InChI=1S/C12H12N2OS/c1-9-11(15)16-12(14(9)2)13-8-10-6-4-3-5-7-10/h3-7H,1,8H2,2H3. The number of carbonyl (C=O) groups excluding carboxylic acids is 1. The van der Waals surface area contributed by atoms with E-state index in [1.807, 2.05) is 37.4 Å². The first-order chi connectivity index (χ1) is 7.68. The van der Waals surface area contributed by atoms with E-state index in [-0.39, 0.29) is 5.12 Å². The van der Waals surface area contributed by atoms with E-state index < -0.39 is 0 Å². The Morgan fingerprint density at radius 3 is 2.62 bits per heavy atom. The second-order valence-corrected chi connectivity index (χ2v) is 4.42. The molecule has 0 amide bonds. The fraction of sp³-hybridized carbons (Fsp3) is 0.167. The van der Waals surface area contributed by atoms with Crippen molar-refractivity contribution in [1.29, 1.82) is 0 Å². The topological polar surface area (TPSA) is 32.7 Å². The van der Waals surface area contributed by atoms with Gasteiger partial charge in [0.15, 0.2) is 5.17 Å². The quantitative estimate of drug-likeness (QED) is 0.733. The van der Waals surface area contributed by atoms with Gasteiger partial charge in [-0.3, -0.25) is 9.79 Å². The highest BCUT2D eigenvalue weighted by atomic mass is 32.2. The van der Waals surface area contributed by atoms with E-state index in [0.717, 1.165) is 22.5 Å². The molecule has 82 valence electrons. The molecule has 1 saturated heterocycles. The van der Waals surface area contributed by atoms with Gasteiger partial charge in [-0.15, -0.1) is 0 Å². The number of thioether (sulfide) groups is 1. The molecule has 0 spiro atoms. The summed E-state index contributed by atoms with van der Waals surface area (Å²) in [6.07, 6.45) is 0. The Morgan fingerprint density at radius 2 is 2.06 bits per heavy atom. The molecule has 1 aromatic carbocycles. The third-order valence-electron chi connectivity index (χ3n) is 2.35. The van der Waals surface area contributed by atoms with Gasteiger partial charge in [0.25, 0.3) is 0 Å². The van der Waals surface area contributed by atoms with Crippen molar-refractivity contribution in [2.24, 2.45) is 4.99 Å². The lowest BCUT2D eigenvalue weighted by Gasteiger charge is -2.09. The van der Waals surface area contributed by atoms with Crippen LogP contribution in [0.3, 0.4) is 0 Å². The summed E-state index contributed by atoms with van der Waals surface area (Å²) < 4.78 is 0. The molecule has 4 heteroatoms. The number of benzene rings is 1. The molecule has 0 aliphatic carbocycles. The molecule has 1 aromatic rings. The minimum Gasteiger partial charge on any atom is -0.321 e. The Balaban J connectivity index is 2.09. The van der Waals surface area contributed by atoms with Crippen LogP contribution in [0.2, 0.25) is 0 Å². The number of hydrogen-bond donors (Lipinski definition) is 0. The highest BCUT2D eigenvalue weighted by Gasteiger charge is 2.27. The van der Waals surface area contributed by atoms with Gasteiger partial charge in [0.1, 0.15) is 0 Å². The molecule has 1 fully saturated rings. The fourth-order valence-corrected chi connectivity index (χ4v) is 2.14. The predicted octanol–water partition coefficient (Wildman–Crippen LogP) is 2.26. The van der Waals surface area contributed by atoms with Crippen LogP contribution < -0.4 is 0 Å². The van der Waals surface area contributed by atoms with E-state index in [1.54, 1.807) is 4.90 Å². The van der Waals surface area contributed by atoms with Crippen molar-refractivity contribution in [2.75, 3.05) is 7.05 Å². The molecule has 0 unspecified atom stereocenters. The van der Waals surface area contributed by atoms with Gasteiger partial charge >= 0.3 is 0 Å². The summed E-state index contributed by atoms with van der Waals surface area (Å²) in [6, 6.07) is 9.95. The molecule has 3 nitrogen and oxygen atoms in total. The summed E-state index contributed by atoms with van der Waals surface area (Å²) in [6.45, 7) is 4.29. The zero-order chi connectivity index (χ0) is 11.5. The van der Waals surface area contributed by atoms with Crippen molar-refractivity contribution in [3.05, 3.63) is 48.2 Å². The normalized spacial score (nSPS) is 18.6. The van der Waals surface area contributed by atoms with Crippen LogP contribution in [0.4, 0.5) is 0 Å². The maximum absolute atomic E-state index is 11.3. The van der Waals surface area contributed by atoms with Gasteiger partial charge in [-0.2, -0.15) is 0 Å². The van der Waals surface area contributed by atoms with E-state index in [1.165, 1.54) is 0 Å². The van der Waals surface area contributed by atoms with Gasteiger partial charge < -0.3 is 4.90 Å². The first kappa shape index (κ1) is 11.0. The maximum atomic E-state index is 11.3. The maximum Gasteiger partial charge on any atom is 0.242 e. The molecule has 0 N–H and O–H groups in total. The highest BCUT2D eigenvalue weighted by Crippen LogP contribution is 2.26. The minimum atomic E-state index is -0.0192. The van der Waals surface area contributed by atoms with E-state index in [9.17, 15) is 4.79 Å². The van der Waals surface area contributed by atoms with Crippen molar-refractivity contribution in [1.82, 2.24) is 4.90 Å². The van der Waals surface area contributed by atoms with Crippen LogP contribution in [0, 0.1) is 0 Å². The number of likely N-dealkylation sites (N-methyl/N-ethyl adjacent to an activating group) is 1. The van der Waals surface area contributed by atoms with Gasteiger partial charge in [0, 0.05) is 7.05 Å². The molecule has 1 heterocycles. The monoisotopic (exact) mass is 232 g/mol. The summed E-state index contributed by atoms with van der Waals surface area (Å²) in [5.74, 6) is 0. The number of aliphatic imine (C=N–C) groups is 1. The molecular formula is C12H12N2OS. The fourth-order valence-electron chi connectivity index (χ4n) is 1.34. The van der Waals surface area contributed by atoms with E-state index in [0.29, 0.717) is 12.2 Å². The summed E-state index contributed by atoms with van der Waals surface area (Å²) >= 11 is 1.14. The molecule has 0 aromatic heterocycles. The lowest BCUT2D eigenvalue weighted by molar-refractivity contribution is -0.108. The van der Waals surface area contributed by atoms with Gasteiger partial charge in [-0.25, -0.2) is 0 Å².